The van der Waals surface area contributed by atoms with Crippen LogP contribution in [0.15, 0.2) is 22.3 Å². The second kappa shape index (κ2) is 6.72. The molecule has 0 aliphatic carbocycles. The van der Waals surface area contributed by atoms with Crippen LogP contribution >= 0.6 is 23.1 Å². The summed E-state index contributed by atoms with van der Waals surface area (Å²) in [4.78, 5) is 45.7. The number of amides is 2. The molecule has 0 aromatic carbocycles. The van der Waals surface area contributed by atoms with E-state index in [1.165, 1.54) is 24.9 Å². The maximum absolute atomic E-state index is 12.5. The molecule has 2 aliphatic rings. The number of hydrogen-bond acceptors (Lipinski definition) is 9. The van der Waals surface area contributed by atoms with E-state index in [0.717, 1.165) is 16.2 Å². The van der Waals surface area contributed by atoms with Gasteiger partial charge >= 0.3 is 5.97 Å². The van der Waals surface area contributed by atoms with Gasteiger partial charge in [-0.3, -0.25) is 14.5 Å². The number of carbonyl (C=O) groups excluding carboxylic acids is 2. The van der Waals surface area contributed by atoms with Gasteiger partial charge in [0.05, 0.1) is 0 Å². The molecule has 3 rings (SSSR count). The highest BCUT2D eigenvalue weighted by atomic mass is 32.2. The number of oxime groups is 1. The van der Waals surface area contributed by atoms with Crippen molar-refractivity contribution < 1.29 is 24.3 Å². The molecule has 0 saturated carbocycles. The number of fused-ring (bicyclic) bond motifs is 1. The van der Waals surface area contributed by atoms with Gasteiger partial charge in [-0.2, -0.15) is 0 Å². The van der Waals surface area contributed by atoms with E-state index in [0.29, 0.717) is 5.75 Å². The minimum absolute atomic E-state index is 0.0719. The molecule has 1 aromatic heterocycles. The highest BCUT2D eigenvalue weighted by molar-refractivity contribution is 8.00. The Labute approximate surface area is 149 Å². The topological polar surface area (TPSA) is 147 Å². The second-order valence-corrected chi connectivity index (χ2v) is 7.01. The highest BCUT2D eigenvalue weighted by Gasteiger charge is 2.53. The first-order valence-electron chi connectivity index (χ1n) is 6.95. The van der Waals surface area contributed by atoms with Gasteiger partial charge in [-0.1, -0.05) is 5.16 Å². The summed E-state index contributed by atoms with van der Waals surface area (Å²) in [6, 6.07) is -0.849. The van der Waals surface area contributed by atoms with E-state index in [4.69, 9.17) is 10.8 Å². The molecular formula is C13H13N5O5S2. The zero-order valence-corrected chi connectivity index (χ0v) is 14.5. The third kappa shape index (κ3) is 3.05. The molecular weight excluding hydrogens is 370 g/mol. The number of nitrogen functional groups attached to an aromatic ring is 1. The minimum atomic E-state index is -1.18. The first kappa shape index (κ1) is 17.2. The van der Waals surface area contributed by atoms with Crippen LogP contribution in [0, 0.1) is 0 Å². The van der Waals surface area contributed by atoms with E-state index in [-0.39, 0.29) is 22.2 Å². The lowest BCUT2D eigenvalue weighted by molar-refractivity contribution is -0.150. The van der Waals surface area contributed by atoms with Gasteiger partial charge in [0.15, 0.2) is 10.8 Å². The van der Waals surface area contributed by atoms with Crippen molar-refractivity contribution in [1.29, 1.82) is 0 Å². The molecule has 2 amide bonds. The third-order valence-corrected chi connectivity index (χ3v) is 5.37. The number of carbonyl (C=O) groups is 3. The van der Waals surface area contributed by atoms with Gasteiger partial charge in [0.25, 0.3) is 11.8 Å². The maximum atomic E-state index is 12.5. The van der Waals surface area contributed by atoms with Crippen LogP contribution in [0.25, 0.3) is 0 Å². The molecule has 0 spiro atoms. The van der Waals surface area contributed by atoms with Gasteiger partial charge in [-0.15, -0.1) is 23.1 Å². The summed E-state index contributed by atoms with van der Waals surface area (Å²) in [5, 5.41) is 16.7. The second-order valence-electron chi connectivity index (χ2n) is 4.97. The molecule has 10 nitrogen and oxygen atoms in total. The van der Waals surface area contributed by atoms with Gasteiger partial charge in [0.1, 0.15) is 29.9 Å². The molecule has 0 bridgehead atoms. The Hall–Kier alpha value is -2.60. The Morgan fingerprint density at radius 1 is 1.56 bits per heavy atom. The van der Waals surface area contributed by atoms with E-state index in [2.05, 4.69) is 20.3 Å². The number of aliphatic carboxylic acids is 1. The normalized spacial score (nSPS) is 22.6. The monoisotopic (exact) mass is 383 g/mol. The van der Waals surface area contributed by atoms with Gasteiger partial charge < -0.3 is 21.0 Å². The van der Waals surface area contributed by atoms with Crippen molar-refractivity contribution in [3.05, 3.63) is 22.8 Å². The van der Waals surface area contributed by atoms with E-state index < -0.39 is 29.2 Å². The summed E-state index contributed by atoms with van der Waals surface area (Å²) < 4.78 is 0. The number of β-lactam (4-membered cyclic amide) rings is 1. The summed E-state index contributed by atoms with van der Waals surface area (Å²) in [5.41, 5.74) is 5.60. The molecule has 2 atom stereocenters. The molecule has 1 aromatic rings. The number of thioether (sulfide) groups is 1. The zero-order valence-electron chi connectivity index (χ0n) is 12.8. The quantitative estimate of drug-likeness (QED) is 0.348. The van der Waals surface area contributed by atoms with Crippen LogP contribution in [0.2, 0.25) is 0 Å². The maximum Gasteiger partial charge on any atom is 0.352 e. The number of hydrogen-bond donors (Lipinski definition) is 3. The SMILES string of the molecule is CO/N=C(/C(=O)NC1C(=O)N2C(C(=O)O)=CCSC12)c1csc(N)n1. The highest BCUT2D eigenvalue weighted by Crippen LogP contribution is 2.37. The van der Waals surface area contributed by atoms with Gasteiger partial charge in [-0.25, -0.2) is 9.78 Å². The summed E-state index contributed by atoms with van der Waals surface area (Å²) in [5.74, 6) is -1.89. The first-order chi connectivity index (χ1) is 11.9. The Balaban J connectivity index is 1.75. The Morgan fingerprint density at radius 2 is 2.32 bits per heavy atom. The number of nitrogens with two attached hydrogens (primary N) is 1. The Bertz CT molecular complexity index is 804. The number of nitrogens with zero attached hydrogens (tertiary/aromatic N) is 3. The van der Waals surface area contributed by atoms with E-state index in [1.54, 1.807) is 5.38 Å². The van der Waals surface area contributed by atoms with Crippen LogP contribution in [-0.2, 0) is 19.2 Å². The van der Waals surface area contributed by atoms with Gasteiger partial charge in [0.2, 0.25) is 0 Å². The number of thiazole rings is 1. The molecule has 1 fully saturated rings. The number of carboxylic acids is 1. The zero-order chi connectivity index (χ0) is 18.1. The van der Waals surface area contributed by atoms with Crippen molar-refractivity contribution in [2.24, 2.45) is 5.16 Å². The molecule has 25 heavy (non-hydrogen) atoms. The fourth-order valence-corrected chi connectivity index (χ4v) is 4.18. The number of carboxylic acid groups (broad SMARTS) is 1. The lowest BCUT2D eigenvalue weighted by Gasteiger charge is -2.48. The lowest BCUT2D eigenvalue weighted by Crippen LogP contribution is -2.70. The van der Waals surface area contributed by atoms with Crippen LogP contribution in [0.1, 0.15) is 5.69 Å². The predicted octanol–water partition coefficient (Wildman–Crippen LogP) is -0.556. The molecule has 1 saturated heterocycles. The van der Waals surface area contributed by atoms with Crippen LogP contribution in [-0.4, -0.2) is 62.8 Å². The lowest BCUT2D eigenvalue weighted by atomic mass is 10.0. The van der Waals surface area contributed by atoms with E-state index in [9.17, 15) is 14.4 Å². The third-order valence-electron chi connectivity index (χ3n) is 3.51. The molecule has 12 heteroatoms. The average Bonchev–Trinajstić information content (AvgIpc) is 3.02. The largest absolute Gasteiger partial charge is 0.477 e. The number of anilines is 1. The molecule has 3 heterocycles. The summed E-state index contributed by atoms with van der Waals surface area (Å²) in [7, 11) is 1.28. The summed E-state index contributed by atoms with van der Waals surface area (Å²) in [6.07, 6.45) is 1.47. The average molecular weight is 383 g/mol. The number of aromatic nitrogens is 1. The standard InChI is InChI=1S/C13H13N5O5S2/c1-23-17-7(5-4-25-13(14)15-5)9(19)16-8-10(20)18-6(12(21)22)2-3-24-11(8)18/h2,4,8,11H,3H2,1H3,(H2,14,15)(H,16,19)(H,21,22)/b17-7+. The fourth-order valence-electron chi connectivity index (χ4n) is 2.44. The van der Waals surface area contributed by atoms with Crippen LogP contribution in [0.3, 0.4) is 0 Å². The predicted molar refractivity (Wildman–Crippen MR) is 90.8 cm³/mol. The summed E-state index contributed by atoms with van der Waals surface area (Å²) in [6.45, 7) is 0. The van der Waals surface area contributed by atoms with Gasteiger partial charge in [-0.05, 0) is 6.08 Å². The van der Waals surface area contributed by atoms with E-state index in [1.807, 2.05) is 0 Å². The van der Waals surface area contributed by atoms with Crippen molar-refractivity contribution in [2.45, 2.75) is 11.4 Å². The van der Waals surface area contributed by atoms with E-state index >= 15 is 0 Å². The fraction of sp³-hybridized carbons (Fsp3) is 0.308. The number of nitrogens with one attached hydrogen (secondary N) is 1. The molecule has 2 unspecified atom stereocenters. The first-order valence-corrected chi connectivity index (χ1v) is 8.88. The van der Waals surface area contributed by atoms with Gasteiger partial charge in [0, 0.05) is 11.1 Å². The van der Waals surface area contributed by atoms with Crippen molar-refractivity contribution in [3.8, 4) is 0 Å². The molecule has 132 valence electrons. The Morgan fingerprint density at radius 3 is 2.92 bits per heavy atom. The van der Waals surface area contributed by atoms with Crippen molar-refractivity contribution in [3.63, 3.8) is 0 Å². The van der Waals surface area contributed by atoms with Crippen LogP contribution in [0.4, 0.5) is 5.13 Å². The molecule has 2 aliphatic heterocycles. The van der Waals surface area contributed by atoms with Crippen molar-refractivity contribution in [2.75, 3.05) is 18.6 Å². The van der Waals surface area contributed by atoms with Crippen molar-refractivity contribution in [1.82, 2.24) is 15.2 Å². The van der Waals surface area contributed by atoms with Crippen LogP contribution in [0.5, 0.6) is 0 Å². The number of rotatable bonds is 5. The minimum Gasteiger partial charge on any atom is -0.477 e. The summed E-state index contributed by atoms with van der Waals surface area (Å²) >= 11 is 2.49. The smallest absolute Gasteiger partial charge is 0.352 e. The van der Waals surface area contributed by atoms with Crippen molar-refractivity contribution >= 4 is 51.7 Å². The van der Waals surface area contributed by atoms with Crippen LogP contribution < -0.4 is 11.1 Å². The Kier molecular flexibility index (Phi) is 4.63. The molecule has 0 radical (unpaired) electrons. The molecule has 4 N–H and O–H groups in total.